The van der Waals surface area contributed by atoms with Gasteiger partial charge in [-0.2, -0.15) is 10.2 Å². The molecular formula is C17H20N6O2. The molecule has 0 spiro atoms. The first kappa shape index (κ1) is 17.0. The van der Waals surface area contributed by atoms with Gasteiger partial charge in [0, 0.05) is 25.2 Å². The second-order valence-corrected chi connectivity index (χ2v) is 5.63. The quantitative estimate of drug-likeness (QED) is 0.822. The van der Waals surface area contributed by atoms with Gasteiger partial charge in [0.2, 0.25) is 5.95 Å². The van der Waals surface area contributed by atoms with Gasteiger partial charge in [0.1, 0.15) is 29.8 Å². The maximum absolute atomic E-state index is 9.26. The van der Waals surface area contributed by atoms with Crippen LogP contribution in [0.1, 0.15) is 5.56 Å². The fraction of sp³-hybridized carbons (Fsp3) is 0.353. The lowest BCUT2D eigenvalue weighted by molar-refractivity contribution is 0.0322. The third-order valence-corrected chi connectivity index (χ3v) is 3.97. The summed E-state index contributed by atoms with van der Waals surface area (Å²) in [4.78, 5) is 10.3. The Morgan fingerprint density at radius 3 is 2.56 bits per heavy atom. The van der Waals surface area contributed by atoms with Crippen molar-refractivity contribution in [2.45, 2.75) is 0 Å². The minimum Gasteiger partial charge on any atom is -0.492 e. The molecule has 25 heavy (non-hydrogen) atoms. The van der Waals surface area contributed by atoms with Gasteiger partial charge in [-0.3, -0.25) is 4.90 Å². The summed E-state index contributed by atoms with van der Waals surface area (Å²) in [6.45, 7) is 4.91. The summed E-state index contributed by atoms with van der Waals surface area (Å²) in [5.74, 6) is 0.874. The number of nitrogens with two attached hydrogens (primary N) is 2. The van der Waals surface area contributed by atoms with Gasteiger partial charge in [-0.15, -0.1) is 0 Å². The van der Waals surface area contributed by atoms with Crippen molar-refractivity contribution in [2.24, 2.45) is 0 Å². The molecule has 1 aromatic carbocycles. The Kier molecular flexibility index (Phi) is 5.28. The highest BCUT2D eigenvalue weighted by atomic mass is 16.5. The summed E-state index contributed by atoms with van der Waals surface area (Å²) >= 11 is 0. The van der Waals surface area contributed by atoms with Crippen LogP contribution in [-0.2, 0) is 4.74 Å². The molecular weight excluding hydrogens is 320 g/mol. The lowest BCUT2D eigenvalue weighted by Crippen LogP contribution is -2.38. The number of rotatable bonds is 5. The molecule has 3 rings (SSSR count). The Labute approximate surface area is 146 Å². The summed E-state index contributed by atoms with van der Waals surface area (Å²) in [5, 5.41) is 9.26. The van der Waals surface area contributed by atoms with Crippen LogP contribution in [0.15, 0.2) is 24.3 Å². The fourth-order valence-electron chi connectivity index (χ4n) is 2.64. The van der Waals surface area contributed by atoms with Crippen molar-refractivity contribution >= 4 is 11.8 Å². The van der Waals surface area contributed by atoms with E-state index in [2.05, 4.69) is 14.9 Å². The lowest BCUT2D eigenvalue weighted by Gasteiger charge is -2.26. The van der Waals surface area contributed by atoms with Crippen molar-refractivity contribution in [2.75, 3.05) is 50.9 Å². The van der Waals surface area contributed by atoms with Crippen LogP contribution in [0.25, 0.3) is 11.3 Å². The van der Waals surface area contributed by atoms with Gasteiger partial charge in [0.05, 0.1) is 18.9 Å². The zero-order chi connectivity index (χ0) is 17.6. The summed E-state index contributed by atoms with van der Waals surface area (Å²) in [7, 11) is 0. The van der Waals surface area contributed by atoms with Crippen molar-refractivity contribution in [1.82, 2.24) is 14.9 Å². The maximum atomic E-state index is 9.26. The van der Waals surface area contributed by atoms with Gasteiger partial charge in [0.15, 0.2) is 0 Å². The van der Waals surface area contributed by atoms with E-state index in [0.29, 0.717) is 12.3 Å². The van der Waals surface area contributed by atoms with Crippen molar-refractivity contribution in [3.05, 3.63) is 29.8 Å². The SMILES string of the molecule is N#Cc1c(N)nc(N)nc1-c1ccc(OCCN2CCOCC2)cc1. The first-order chi connectivity index (χ1) is 12.2. The van der Waals surface area contributed by atoms with Crippen molar-refractivity contribution in [3.8, 4) is 23.1 Å². The van der Waals surface area contributed by atoms with Gasteiger partial charge in [-0.25, -0.2) is 4.98 Å². The number of ether oxygens (including phenoxy) is 2. The molecule has 0 amide bonds. The highest BCUT2D eigenvalue weighted by Gasteiger charge is 2.13. The molecule has 0 atom stereocenters. The molecule has 1 aliphatic rings. The number of nitrogens with zero attached hydrogens (tertiary/aromatic N) is 4. The van der Waals surface area contributed by atoms with Gasteiger partial charge in [0.25, 0.3) is 0 Å². The van der Waals surface area contributed by atoms with E-state index in [9.17, 15) is 5.26 Å². The molecule has 2 heterocycles. The van der Waals surface area contributed by atoms with Crippen LogP contribution < -0.4 is 16.2 Å². The third-order valence-electron chi connectivity index (χ3n) is 3.97. The molecule has 8 heteroatoms. The second kappa shape index (κ2) is 7.79. The van der Waals surface area contributed by atoms with Crippen molar-refractivity contribution < 1.29 is 9.47 Å². The Balaban J connectivity index is 1.65. The highest BCUT2D eigenvalue weighted by Crippen LogP contribution is 2.26. The van der Waals surface area contributed by atoms with E-state index >= 15 is 0 Å². The third kappa shape index (κ3) is 4.15. The van der Waals surface area contributed by atoms with E-state index in [1.54, 1.807) is 0 Å². The average molecular weight is 340 g/mol. The van der Waals surface area contributed by atoms with E-state index in [-0.39, 0.29) is 17.3 Å². The summed E-state index contributed by atoms with van der Waals surface area (Å²) < 4.78 is 11.1. The van der Waals surface area contributed by atoms with Crippen molar-refractivity contribution in [1.29, 1.82) is 5.26 Å². The fourth-order valence-corrected chi connectivity index (χ4v) is 2.64. The molecule has 0 saturated carbocycles. The first-order valence-electron chi connectivity index (χ1n) is 8.04. The van der Waals surface area contributed by atoms with Crippen molar-refractivity contribution in [3.63, 3.8) is 0 Å². The maximum Gasteiger partial charge on any atom is 0.222 e. The first-order valence-corrected chi connectivity index (χ1v) is 8.04. The van der Waals surface area contributed by atoms with E-state index < -0.39 is 0 Å². The predicted molar refractivity (Wildman–Crippen MR) is 93.8 cm³/mol. The molecule has 130 valence electrons. The lowest BCUT2D eigenvalue weighted by atomic mass is 10.1. The van der Waals surface area contributed by atoms with E-state index in [0.717, 1.165) is 44.2 Å². The number of nitriles is 1. The van der Waals surface area contributed by atoms with Crippen LogP contribution >= 0.6 is 0 Å². The number of benzene rings is 1. The Hall–Kier alpha value is -2.89. The van der Waals surface area contributed by atoms with Gasteiger partial charge >= 0.3 is 0 Å². The molecule has 8 nitrogen and oxygen atoms in total. The van der Waals surface area contributed by atoms with Crippen LogP contribution in [0, 0.1) is 11.3 Å². The second-order valence-electron chi connectivity index (χ2n) is 5.63. The summed E-state index contributed by atoms with van der Waals surface area (Å²) in [6.07, 6.45) is 0. The minimum atomic E-state index is 0.0392. The van der Waals surface area contributed by atoms with E-state index in [1.807, 2.05) is 30.3 Å². The topological polar surface area (TPSA) is 123 Å². The van der Waals surface area contributed by atoms with Gasteiger partial charge in [-0.05, 0) is 24.3 Å². The average Bonchev–Trinajstić information content (AvgIpc) is 2.63. The molecule has 1 aliphatic heterocycles. The van der Waals surface area contributed by atoms with Crippen LogP contribution in [-0.4, -0.2) is 54.3 Å². The normalized spacial score (nSPS) is 14.8. The summed E-state index contributed by atoms with van der Waals surface area (Å²) in [6, 6.07) is 9.35. The molecule has 0 unspecified atom stereocenters. The molecule has 1 fully saturated rings. The van der Waals surface area contributed by atoms with Crippen LogP contribution in [0.4, 0.5) is 11.8 Å². The zero-order valence-electron chi connectivity index (χ0n) is 13.8. The summed E-state index contributed by atoms with van der Waals surface area (Å²) in [5.41, 5.74) is 12.8. The minimum absolute atomic E-state index is 0.0392. The molecule has 1 saturated heterocycles. The Morgan fingerprint density at radius 1 is 1.16 bits per heavy atom. The van der Waals surface area contributed by atoms with E-state index in [4.69, 9.17) is 20.9 Å². The smallest absolute Gasteiger partial charge is 0.222 e. The molecule has 2 aromatic rings. The van der Waals surface area contributed by atoms with Gasteiger partial charge in [-0.1, -0.05) is 0 Å². The number of hydrogen-bond donors (Lipinski definition) is 2. The molecule has 1 aromatic heterocycles. The van der Waals surface area contributed by atoms with E-state index in [1.165, 1.54) is 0 Å². The molecule has 4 N–H and O–H groups in total. The molecule has 0 radical (unpaired) electrons. The molecule has 0 bridgehead atoms. The Bertz CT molecular complexity index is 766. The number of morpholine rings is 1. The Morgan fingerprint density at radius 2 is 1.88 bits per heavy atom. The number of nitrogen functional groups attached to an aromatic ring is 2. The highest BCUT2D eigenvalue weighted by molar-refractivity contribution is 5.73. The largest absolute Gasteiger partial charge is 0.492 e. The van der Waals surface area contributed by atoms with Gasteiger partial charge < -0.3 is 20.9 Å². The van der Waals surface area contributed by atoms with Crippen LogP contribution in [0.5, 0.6) is 5.75 Å². The monoisotopic (exact) mass is 340 g/mol. The number of anilines is 2. The van der Waals surface area contributed by atoms with Crippen LogP contribution in [0.3, 0.4) is 0 Å². The standard InChI is InChI=1S/C17H20N6O2/c18-11-14-15(21-17(20)22-16(14)19)12-1-3-13(4-2-12)25-10-7-23-5-8-24-9-6-23/h1-4H,5-10H2,(H4,19,20,21,22). The van der Waals surface area contributed by atoms with Crippen LogP contribution in [0.2, 0.25) is 0 Å². The predicted octanol–water partition coefficient (Wildman–Crippen LogP) is 0.891. The number of hydrogen-bond acceptors (Lipinski definition) is 8. The molecule has 0 aliphatic carbocycles. The number of aromatic nitrogens is 2. The zero-order valence-corrected chi connectivity index (χ0v) is 13.8.